The van der Waals surface area contributed by atoms with Crippen LogP contribution in [0, 0.1) is 0 Å². The molecule has 17 heavy (non-hydrogen) atoms. The number of nitrogen functional groups attached to an aromatic ring is 2. The third kappa shape index (κ3) is 3.20. The molecule has 5 N–H and O–H groups in total. The second-order valence-corrected chi connectivity index (χ2v) is 3.53. The maximum Gasteiger partial charge on any atom is 0.0875 e. The lowest BCUT2D eigenvalue weighted by atomic mass is 10.3. The maximum absolute atomic E-state index is 5.57. The van der Waals surface area contributed by atoms with Crippen LogP contribution in [0.1, 0.15) is 0 Å². The standard InChI is InChI=1S/C12H13N5/c13-9-1-5-11(6-2-9)15-17-16-12-7-3-10(14)4-8-12/h1-8H,13-14H2,(H,15,16). The number of nitrogens with one attached hydrogen (secondary N) is 1. The van der Waals surface area contributed by atoms with Gasteiger partial charge >= 0.3 is 0 Å². The predicted octanol–water partition coefficient (Wildman–Crippen LogP) is 2.96. The number of benzene rings is 2. The minimum atomic E-state index is 0.704. The summed E-state index contributed by atoms with van der Waals surface area (Å²) >= 11 is 0. The van der Waals surface area contributed by atoms with Gasteiger partial charge in [-0.1, -0.05) is 5.22 Å². The molecule has 0 radical (unpaired) electrons. The van der Waals surface area contributed by atoms with Crippen LogP contribution < -0.4 is 16.9 Å². The Labute approximate surface area is 99.1 Å². The summed E-state index contributed by atoms with van der Waals surface area (Å²) in [7, 11) is 0. The molecular formula is C12H13N5. The molecule has 2 aromatic rings. The van der Waals surface area contributed by atoms with Gasteiger partial charge in [-0.3, -0.25) is 5.43 Å². The molecule has 0 aliphatic heterocycles. The van der Waals surface area contributed by atoms with Crippen LogP contribution in [0.4, 0.5) is 22.7 Å². The van der Waals surface area contributed by atoms with Crippen LogP contribution in [0.2, 0.25) is 0 Å². The summed E-state index contributed by atoms with van der Waals surface area (Å²) in [6, 6.07) is 14.4. The van der Waals surface area contributed by atoms with Crippen LogP contribution >= 0.6 is 0 Å². The average Bonchev–Trinajstić information content (AvgIpc) is 2.34. The zero-order chi connectivity index (χ0) is 12.1. The first-order valence-corrected chi connectivity index (χ1v) is 5.12. The minimum Gasteiger partial charge on any atom is -0.399 e. The van der Waals surface area contributed by atoms with E-state index < -0.39 is 0 Å². The quantitative estimate of drug-likeness (QED) is 0.428. The maximum atomic E-state index is 5.57. The molecule has 0 bridgehead atoms. The lowest BCUT2D eigenvalue weighted by Crippen LogP contribution is -1.88. The molecule has 0 aromatic heterocycles. The lowest BCUT2D eigenvalue weighted by Gasteiger charge is -1.99. The molecule has 0 heterocycles. The number of hydrogen-bond acceptors (Lipinski definition) is 4. The normalized spacial score (nSPS) is 10.6. The minimum absolute atomic E-state index is 0.704. The van der Waals surface area contributed by atoms with E-state index in [4.69, 9.17) is 11.5 Å². The second-order valence-electron chi connectivity index (χ2n) is 3.53. The molecule has 0 spiro atoms. The van der Waals surface area contributed by atoms with E-state index >= 15 is 0 Å². The van der Waals surface area contributed by atoms with E-state index in [1.807, 2.05) is 12.1 Å². The van der Waals surface area contributed by atoms with E-state index in [1.165, 1.54) is 0 Å². The zero-order valence-corrected chi connectivity index (χ0v) is 9.17. The van der Waals surface area contributed by atoms with Crippen molar-refractivity contribution in [1.82, 2.24) is 0 Å². The van der Waals surface area contributed by atoms with E-state index in [0.29, 0.717) is 11.4 Å². The van der Waals surface area contributed by atoms with Crippen molar-refractivity contribution in [2.75, 3.05) is 16.9 Å². The van der Waals surface area contributed by atoms with Gasteiger partial charge < -0.3 is 11.5 Å². The molecule has 0 amide bonds. The van der Waals surface area contributed by atoms with Crippen molar-refractivity contribution in [2.45, 2.75) is 0 Å². The van der Waals surface area contributed by atoms with Crippen LogP contribution in [0.5, 0.6) is 0 Å². The van der Waals surface area contributed by atoms with Gasteiger partial charge in [0.05, 0.1) is 11.4 Å². The van der Waals surface area contributed by atoms with Crippen LogP contribution in [-0.2, 0) is 0 Å². The predicted molar refractivity (Wildman–Crippen MR) is 69.8 cm³/mol. The van der Waals surface area contributed by atoms with Gasteiger partial charge in [-0.25, -0.2) is 0 Å². The topological polar surface area (TPSA) is 88.8 Å². The third-order valence-corrected chi connectivity index (χ3v) is 2.15. The monoisotopic (exact) mass is 227 g/mol. The number of anilines is 3. The van der Waals surface area contributed by atoms with Gasteiger partial charge in [0.1, 0.15) is 0 Å². The fourth-order valence-electron chi connectivity index (χ4n) is 1.24. The van der Waals surface area contributed by atoms with E-state index in [9.17, 15) is 0 Å². The molecule has 86 valence electrons. The molecule has 2 aromatic carbocycles. The largest absolute Gasteiger partial charge is 0.399 e. The highest BCUT2D eigenvalue weighted by molar-refractivity contribution is 5.51. The summed E-state index contributed by atoms with van der Waals surface area (Å²) in [5.41, 5.74) is 16.9. The molecule has 2 rings (SSSR count). The lowest BCUT2D eigenvalue weighted by molar-refractivity contribution is 1.13. The van der Waals surface area contributed by atoms with Crippen molar-refractivity contribution < 1.29 is 0 Å². The summed E-state index contributed by atoms with van der Waals surface area (Å²) < 4.78 is 0. The average molecular weight is 227 g/mol. The van der Waals surface area contributed by atoms with Gasteiger partial charge in [-0.05, 0) is 48.5 Å². The molecule has 0 saturated carbocycles. The number of nitrogens with zero attached hydrogens (tertiary/aromatic N) is 2. The fourth-order valence-corrected chi connectivity index (χ4v) is 1.24. The molecule has 0 fully saturated rings. The van der Waals surface area contributed by atoms with Gasteiger partial charge in [-0.15, -0.1) is 5.11 Å². The fraction of sp³-hybridized carbons (Fsp3) is 0. The first-order chi connectivity index (χ1) is 8.24. The Morgan fingerprint density at radius 2 is 1.29 bits per heavy atom. The summed E-state index contributed by atoms with van der Waals surface area (Å²) in [6.07, 6.45) is 0. The molecule has 0 unspecified atom stereocenters. The summed E-state index contributed by atoms with van der Waals surface area (Å²) in [5.74, 6) is 0. The highest BCUT2D eigenvalue weighted by Gasteiger charge is 1.90. The van der Waals surface area contributed by atoms with Gasteiger partial charge in [0.25, 0.3) is 0 Å². The van der Waals surface area contributed by atoms with Crippen molar-refractivity contribution >= 4 is 22.7 Å². The van der Waals surface area contributed by atoms with Crippen molar-refractivity contribution in [3.8, 4) is 0 Å². The van der Waals surface area contributed by atoms with Crippen molar-refractivity contribution in [1.29, 1.82) is 0 Å². The van der Waals surface area contributed by atoms with Crippen LogP contribution in [0.15, 0.2) is 58.9 Å². The molecule has 5 heteroatoms. The summed E-state index contributed by atoms with van der Waals surface area (Å²) in [5, 5.41) is 7.86. The van der Waals surface area contributed by atoms with Crippen molar-refractivity contribution in [3.63, 3.8) is 0 Å². The van der Waals surface area contributed by atoms with Gasteiger partial charge in [0.2, 0.25) is 0 Å². The Bertz CT molecular complexity index is 501. The first kappa shape index (κ1) is 10.9. The highest BCUT2D eigenvalue weighted by atomic mass is 15.4. The Hall–Kier alpha value is -2.56. The number of nitrogens with two attached hydrogens (primary N) is 2. The second kappa shape index (κ2) is 4.98. The smallest absolute Gasteiger partial charge is 0.0875 e. The van der Waals surface area contributed by atoms with E-state index in [-0.39, 0.29) is 0 Å². The Kier molecular flexibility index (Phi) is 3.20. The van der Waals surface area contributed by atoms with Crippen LogP contribution in [0.3, 0.4) is 0 Å². The molecule has 0 atom stereocenters. The van der Waals surface area contributed by atoms with Crippen LogP contribution in [-0.4, -0.2) is 0 Å². The molecule has 0 saturated heterocycles. The molecule has 0 aliphatic rings. The Morgan fingerprint density at radius 1 is 0.765 bits per heavy atom. The van der Waals surface area contributed by atoms with Gasteiger partial charge in [-0.2, -0.15) is 0 Å². The van der Waals surface area contributed by atoms with E-state index in [1.54, 1.807) is 36.4 Å². The summed E-state index contributed by atoms with van der Waals surface area (Å²) in [4.78, 5) is 0. The molecular weight excluding hydrogens is 214 g/mol. The van der Waals surface area contributed by atoms with E-state index in [0.717, 1.165) is 11.4 Å². The van der Waals surface area contributed by atoms with Gasteiger partial charge in [0, 0.05) is 11.4 Å². The van der Waals surface area contributed by atoms with Gasteiger partial charge in [0.15, 0.2) is 0 Å². The Balaban J connectivity index is 1.97. The number of hydrogen-bond donors (Lipinski definition) is 3. The highest BCUT2D eigenvalue weighted by Crippen LogP contribution is 2.15. The Morgan fingerprint density at radius 3 is 1.88 bits per heavy atom. The molecule has 0 aliphatic carbocycles. The molecule has 5 nitrogen and oxygen atoms in total. The van der Waals surface area contributed by atoms with E-state index in [2.05, 4.69) is 15.8 Å². The van der Waals surface area contributed by atoms with Crippen molar-refractivity contribution in [3.05, 3.63) is 48.5 Å². The van der Waals surface area contributed by atoms with Crippen molar-refractivity contribution in [2.24, 2.45) is 10.3 Å². The SMILES string of the molecule is Nc1ccc(N=NNc2ccc(N)cc2)cc1. The zero-order valence-electron chi connectivity index (χ0n) is 9.17. The first-order valence-electron chi connectivity index (χ1n) is 5.12. The number of rotatable bonds is 3. The summed E-state index contributed by atoms with van der Waals surface area (Å²) in [6.45, 7) is 0. The third-order valence-electron chi connectivity index (χ3n) is 2.15. The van der Waals surface area contributed by atoms with Crippen LogP contribution in [0.25, 0.3) is 0 Å².